The molecule has 0 atom stereocenters. The summed E-state index contributed by atoms with van der Waals surface area (Å²) in [6.45, 7) is 1.80. The van der Waals surface area contributed by atoms with E-state index < -0.39 is 0 Å². The molecule has 0 aliphatic carbocycles. The number of carbonyl (C=O) groups excluding carboxylic acids is 2. The first kappa shape index (κ1) is 21.8. The number of rotatable bonds is 8. The first-order valence-corrected chi connectivity index (χ1v) is 11.0. The van der Waals surface area contributed by atoms with Crippen LogP contribution in [0.15, 0.2) is 58.0 Å². The van der Waals surface area contributed by atoms with Crippen molar-refractivity contribution in [3.63, 3.8) is 0 Å². The fourth-order valence-corrected chi connectivity index (χ4v) is 4.21. The molecule has 0 spiro atoms. The van der Waals surface area contributed by atoms with Crippen LogP contribution in [-0.2, 0) is 9.59 Å². The summed E-state index contributed by atoms with van der Waals surface area (Å²) in [5.41, 5.74) is 5.04. The van der Waals surface area contributed by atoms with Crippen molar-refractivity contribution in [1.29, 1.82) is 0 Å². The van der Waals surface area contributed by atoms with Crippen LogP contribution in [0.1, 0.15) is 12.5 Å². The van der Waals surface area contributed by atoms with Gasteiger partial charge in [-0.15, -0.1) is 11.3 Å². The van der Waals surface area contributed by atoms with E-state index in [4.69, 9.17) is 4.74 Å². The van der Waals surface area contributed by atoms with Gasteiger partial charge in [0, 0.05) is 14.1 Å². The maximum Gasteiger partial charge on any atom is 0.259 e. The van der Waals surface area contributed by atoms with Gasteiger partial charge < -0.3 is 9.64 Å². The number of hydrogen-bond donors (Lipinski definition) is 1. The van der Waals surface area contributed by atoms with E-state index >= 15 is 0 Å². The van der Waals surface area contributed by atoms with Crippen LogP contribution in [0.4, 0.5) is 0 Å². The molecule has 0 aliphatic heterocycles. The van der Waals surface area contributed by atoms with Gasteiger partial charge in [0.25, 0.3) is 11.8 Å². The van der Waals surface area contributed by atoms with Gasteiger partial charge in [-0.25, -0.2) is 10.4 Å². The Labute approximate surface area is 183 Å². The highest BCUT2D eigenvalue weighted by atomic mass is 32.2. The SMILES string of the molecule is CC(=NNC(=O)CSc1nc2ccccc2s1)c1ccc(OCC(=O)N(C)C)cc1. The van der Waals surface area contributed by atoms with Crippen LogP contribution in [0.3, 0.4) is 0 Å². The lowest BCUT2D eigenvalue weighted by molar-refractivity contribution is -0.130. The van der Waals surface area contributed by atoms with Gasteiger partial charge in [0.2, 0.25) is 0 Å². The third-order valence-corrected chi connectivity index (χ3v) is 6.26. The molecular weight excluding hydrogens is 420 g/mol. The van der Waals surface area contributed by atoms with Crippen molar-refractivity contribution < 1.29 is 14.3 Å². The third-order valence-electron chi connectivity index (χ3n) is 4.08. The number of fused-ring (bicyclic) bond motifs is 1. The van der Waals surface area contributed by atoms with E-state index in [-0.39, 0.29) is 24.2 Å². The molecular formula is C21H22N4O3S2. The molecule has 0 saturated heterocycles. The molecule has 0 fully saturated rings. The molecule has 7 nitrogen and oxygen atoms in total. The van der Waals surface area contributed by atoms with Gasteiger partial charge in [-0.3, -0.25) is 9.59 Å². The zero-order valence-electron chi connectivity index (χ0n) is 16.9. The largest absolute Gasteiger partial charge is 0.484 e. The first-order chi connectivity index (χ1) is 14.4. The number of hydrazone groups is 1. The topological polar surface area (TPSA) is 83.9 Å². The molecule has 30 heavy (non-hydrogen) atoms. The van der Waals surface area contributed by atoms with Crippen LogP contribution in [0.2, 0.25) is 0 Å². The van der Waals surface area contributed by atoms with E-state index in [2.05, 4.69) is 15.5 Å². The Bertz CT molecular complexity index is 1030. The highest BCUT2D eigenvalue weighted by molar-refractivity contribution is 8.01. The number of carbonyl (C=O) groups is 2. The van der Waals surface area contributed by atoms with Gasteiger partial charge in [0.05, 0.1) is 21.7 Å². The number of aromatic nitrogens is 1. The van der Waals surface area contributed by atoms with Crippen molar-refractivity contribution in [3.05, 3.63) is 54.1 Å². The summed E-state index contributed by atoms with van der Waals surface area (Å²) >= 11 is 2.96. The summed E-state index contributed by atoms with van der Waals surface area (Å²) in [7, 11) is 3.36. The number of thioether (sulfide) groups is 1. The van der Waals surface area contributed by atoms with Crippen LogP contribution >= 0.6 is 23.1 Å². The molecule has 156 valence electrons. The second kappa shape index (κ2) is 10.2. The second-order valence-corrected chi connectivity index (χ2v) is 8.82. The fraction of sp³-hybridized carbons (Fsp3) is 0.238. The molecule has 1 heterocycles. The molecule has 0 aliphatic rings. The van der Waals surface area contributed by atoms with Crippen LogP contribution in [-0.4, -0.2) is 53.9 Å². The van der Waals surface area contributed by atoms with Crippen molar-refractivity contribution in [3.8, 4) is 5.75 Å². The summed E-state index contributed by atoms with van der Waals surface area (Å²) in [5, 5.41) is 4.16. The van der Waals surface area contributed by atoms with Gasteiger partial charge in [-0.2, -0.15) is 5.10 Å². The Morgan fingerprint density at radius 1 is 1.17 bits per heavy atom. The Balaban J connectivity index is 1.48. The quantitative estimate of drug-likeness (QED) is 0.328. The molecule has 0 radical (unpaired) electrons. The monoisotopic (exact) mass is 442 g/mol. The zero-order chi connectivity index (χ0) is 21.5. The van der Waals surface area contributed by atoms with Crippen LogP contribution in [0, 0.1) is 0 Å². The summed E-state index contributed by atoms with van der Waals surface area (Å²) in [6.07, 6.45) is 0. The second-order valence-electron chi connectivity index (χ2n) is 6.57. The molecule has 0 unspecified atom stereocenters. The minimum atomic E-state index is -0.194. The van der Waals surface area contributed by atoms with Crippen LogP contribution < -0.4 is 10.2 Å². The van der Waals surface area contributed by atoms with Gasteiger partial charge in [-0.05, 0) is 48.9 Å². The Kier molecular flexibility index (Phi) is 7.42. The zero-order valence-corrected chi connectivity index (χ0v) is 18.5. The van der Waals surface area contributed by atoms with E-state index in [0.717, 1.165) is 20.1 Å². The molecule has 3 rings (SSSR count). The van der Waals surface area contributed by atoms with E-state index in [1.807, 2.05) is 43.3 Å². The van der Waals surface area contributed by atoms with E-state index in [9.17, 15) is 9.59 Å². The summed E-state index contributed by atoms with van der Waals surface area (Å²) < 4.78 is 7.41. The normalized spacial score (nSPS) is 11.4. The molecule has 2 aromatic carbocycles. The predicted octanol–water partition coefficient (Wildman–Crippen LogP) is 3.40. The average Bonchev–Trinajstić information content (AvgIpc) is 3.17. The maximum atomic E-state index is 12.1. The smallest absolute Gasteiger partial charge is 0.259 e. The molecule has 9 heteroatoms. The van der Waals surface area contributed by atoms with Gasteiger partial charge in [0.15, 0.2) is 10.9 Å². The van der Waals surface area contributed by atoms with Crippen molar-refractivity contribution in [1.82, 2.24) is 15.3 Å². The molecule has 1 N–H and O–H groups in total. The first-order valence-electron chi connectivity index (χ1n) is 9.17. The molecule has 0 bridgehead atoms. The number of ether oxygens (including phenoxy) is 1. The van der Waals surface area contributed by atoms with Crippen molar-refractivity contribution in [2.24, 2.45) is 5.10 Å². The number of nitrogens with zero attached hydrogens (tertiary/aromatic N) is 3. The standard InChI is InChI=1S/C21H22N4O3S2/c1-14(15-8-10-16(11-9-15)28-12-20(27)25(2)3)23-24-19(26)13-29-21-22-17-6-4-5-7-18(17)30-21/h4-11H,12-13H2,1-3H3,(H,24,26). The average molecular weight is 443 g/mol. The van der Waals surface area contributed by atoms with Gasteiger partial charge >= 0.3 is 0 Å². The van der Waals surface area contributed by atoms with Crippen molar-refractivity contribution in [2.45, 2.75) is 11.3 Å². The lowest BCUT2D eigenvalue weighted by Crippen LogP contribution is -2.27. The summed E-state index contributed by atoms with van der Waals surface area (Å²) in [6, 6.07) is 15.1. The lowest BCUT2D eigenvalue weighted by Gasteiger charge is -2.11. The van der Waals surface area contributed by atoms with E-state index in [1.54, 1.807) is 37.6 Å². The number of thiazole rings is 1. The number of benzene rings is 2. The van der Waals surface area contributed by atoms with Crippen molar-refractivity contribution >= 4 is 50.8 Å². The molecule has 1 aromatic heterocycles. The van der Waals surface area contributed by atoms with Crippen LogP contribution in [0.5, 0.6) is 5.75 Å². The number of para-hydroxylation sites is 1. The Morgan fingerprint density at radius 3 is 2.60 bits per heavy atom. The highest BCUT2D eigenvalue weighted by Gasteiger charge is 2.08. The minimum absolute atomic E-state index is 0.0121. The molecule has 2 amide bonds. The van der Waals surface area contributed by atoms with Crippen LogP contribution in [0.25, 0.3) is 10.2 Å². The number of amides is 2. The van der Waals surface area contributed by atoms with E-state index in [0.29, 0.717) is 11.5 Å². The number of hydrogen-bond acceptors (Lipinski definition) is 7. The molecule has 3 aromatic rings. The number of likely N-dealkylation sites (N-methyl/N-ethyl adjacent to an activating group) is 1. The van der Waals surface area contributed by atoms with E-state index in [1.165, 1.54) is 16.7 Å². The summed E-state index contributed by atoms with van der Waals surface area (Å²) in [4.78, 5) is 29.7. The van der Waals surface area contributed by atoms with Gasteiger partial charge in [0.1, 0.15) is 5.75 Å². The predicted molar refractivity (Wildman–Crippen MR) is 121 cm³/mol. The lowest BCUT2D eigenvalue weighted by atomic mass is 10.1. The summed E-state index contributed by atoms with van der Waals surface area (Å²) in [5.74, 6) is 0.533. The minimum Gasteiger partial charge on any atom is -0.484 e. The maximum absolute atomic E-state index is 12.1. The Morgan fingerprint density at radius 2 is 1.90 bits per heavy atom. The van der Waals surface area contributed by atoms with Gasteiger partial charge in [-0.1, -0.05) is 23.9 Å². The Hall–Kier alpha value is -2.91. The highest BCUT2D eigenvalue weighted by Crippen LogP contribution is 2.29. The molecule has 0 saturated carbocycles. The number of nitrogens with one attached hydrogen (secondary N) is 1. The third kappa shape index (κ3) is 6.04. The van der Waals surface area contributed by atoms with Crippen molar-refractivity contribution in [2.75, 3.05) is 26.5 Å². The fourth-order valence-electron chi connectivity index (χ4n) is 2.35.